The Morgan fingerprint density at radius 2 is 1.92 bits per heavy atom. The maximum absolute atomic E-state index is 12.6. The number of nitrogens with one attached hydrogen (secondary N) is 2. The topological polar surface area (TPSA) is 72.5 Å². The molecule has 0 fully saturated rings. The first-order valence-electron chi connectivity index (χ1n) is 8.36. The minimum atomic E-state index is -0.175. The van der Waals surface area contributed by atoms with Crippen LogP contribution in [0.2, 0.25) is 0 Å². The predicted molar refractivity (Wildman–Crippen MR) is 101 cm³/mol. The van der Waals surface area contributed by atoms with E-state index in [0.29, 0.717) is 30.3 Å². The Bertz CT molecular complexity index is 730. The fourth-order valence-electron chi connectivity index (χ4n) is 2.50. The lowest BCUT2D eigenvalue weighted by atomic mass is 10.1. The number of nitrogens with zero attached hydrogens (tertiary/aromatic N) is 1. The van der Waals surface area contributed by atoms with Crippen LogP contribution in [-0.2, 0) is 0 Å². The number of rotatable bonds is 8. The molecule has 0 aliphatic carbocycles. The number of hydrogen-bond acceptors (Lipinski definition) is 6. The van der Waals surface area contributed by atoms with Gasteiger partial charge in [0.05, 0.1) is 30.5 Å². The first-order chi connectivity index (χ1) is 12.0. The van der Waals surface area contributed by atoms with Crippen molar-refractivity contribution in [3.05, 3.63) is 35.0 Å². The molecular weight excluding hydrogens is 338 g/mol. The molecule has 1 aromatic heterocycles. The van der Waals surface area contributed by atoms with E-state index in [9.17, 15) is 4.79 Å². The van der Waals surface area contributed by atoms with Crippen LogP contribution >= 0.6 is 11.5 Å². The van der Waals surface area contributed by atoms with Gasteiger partial charge in [0.1, 0.15) is 5.00 Å². The molecule has 0 aliphatic heterocycles. The zero-order valence-corrected chi connectivity index (χ0v) is 16.1. The zero-order valence-electron chi connectivity index (χ0n) is 15.3. The Hall–Kier alpha value is -2.28. The van der Waals surface area contributed by atoms with Crippen molar-refractivity contribution in [2.75, 3.05) is 25.6 Å². The number of ether oxygens (including phenoxy) is 2. The standard InChI is InChI=1S/C18H25N3O3S/c1-6-23-14-9-8-13(10-15(14)24-7-2)11(3)20-17(22)16-12(4)21-25-18(16)19-5/h8-11,19H,6-7H2,1-5H3,(H,20,22). The molecule has 6 nitrogen and oxygen atoms in total. The van der Waals surface area contributed by atoms with E-state index in [-0.39, 0.29) is 11.9 Å². The van der Waals surface area contributed by atoms with Gasteiger partial charge in [0.2, 0.25) is 0 Å². The summed E-state index contributed by atoms with van der Waals surface area (Å²) in [5.74, 6) is 1.25. The molecule has 0 aliphatic rings. The number of carbonyl (C=O) groups is 1. The van der Waals surface area contributed by atoms with Gasteiger partial charge in [-0.1, -0.05) is 6.07 Å². The van der Waals surface area contributed by atoms with Gasteiger partial charge in [-0.2, -0.15) is 4.37 Å². The summed E-state index contributed by atoms with van der Waals surface area (Å²) in [6, 6.07) is 5.56. The van der Waals surface area contributed by atoms with E-state index in [1.54, 1.807) is 7.05 Å². The van der Waals surface area contributed by atoms with Crippen LogP contribution in [0.1, 0.15) is 48.4 Å². The van der Waals surface area contributed by atoms with Crippen molar-refractivity contribution < 1.29 is 14.3 Å². The highest BCUT2D eigenvalue weighted by Crippen LogP contribution is 2.31. The van der Waals surface area contributed by atoms with E-state index < -0.39 is 0 Å². The summed E-state index contributed by atoms with van der Waals surface area (Å²) < 4.78 is 15.5. The van der Waals surface area contributed by atoms with Gasteiger partial charge in [-0.05, 0) is 56.9 Å². The van der Waals surface area contributed by atoms with Crippen LogP contribution in [-0.4, -0.2) is 30.5 Å². The fraction of sp³-hybridized carbons (Fsp3) is 0.444. The number of amides is 1. The highest BCUT2D eigenvalue weighted by Gasteiger charge is 2.20. The molecule has 1 amide bonds. The summed E-state index contributed by atoms with van der Waals surface area (Å²) in [6.07, 6.45) is 0. The number of carbonyl (C=O) groups excluding carboxylic acids is 1. The summed E-state index contributed by atoms with van der Waals surface area (Å²) in [5, 5.41) is 6.81. The van der Waals surface area contributed by atoms with Crippen molar-refractivity contribution >= 4 is 22.4 Å². The molecular formula is C18H25N3O3S. The third-order valence-corrected chi connectivity index (χ3v) is 4.69. The Morgan fingerprint density at radius 3 is 2.56 bits per heavy atom. The van der Waals surface area contributed by atoms with Crippen molar-refractivity contribution in [2.45, 2.75) is 33.7 Å². The van der Waals surface area contributed by atoms with E-state index >= 15 is 0 Å². The number of anilines is 1. The molecule has 0 bridgehead atoms. The molecule has 2 aromatic rings. The average Bonchev–Trinajstić information content (AvgIpc) is 2.97. The molecule has 0 spiro atoms. The number of hydrogen-bond donors (Lipinski definition) is 2. The van der Waals surface area contributed by atoms with E-state index in [1.807, 2.05) is 45.9 Å². The summed E-state index contributed by atoms with van der Waals surface area (Å²) in [5.41, 5.74) is 2.27. The molecule has 2 N–H and O–H groups in total. The second kappa shape index (κ2) is 8.71. The van der Waals surface area contributed by atoms with Crippen LogP contribution in [0.5, 0.6) is 11.5 Å². The van der Waals surface area contributed by atoms with E-state index in [1.165, 1.54) is 11.5 Å². The van der Waals surface area contributed by atoms with Gasteiger partial charge in [-0.3, -0.25) is 4.79 Å². The van der Waals surface area contributed by atoms with Crippen molar-refractivity contribution in [1.82, 2.24) is 9.69 Å². The summed E-state index contributed by atoms with van der Waals surface area (Å²) in [7, 11) is 1.79. The van der Waals surface area contributed by atoms with Gasteiger partial charge in [-0.25, -0.2) is 0 Å². The number of aromatic nitrogens is 1. The molecule has 1 atom stereocenters. The fourth-order valence-corrected chi connectivity index (χ4v) is 3.24. The van der Waals surface area contributed by atoms with Gasteiger partial charge < -0.3 is 20.1 Å². The minimum Gasteiger partial charge on any atom is -0.490 e. The molecule has 7 heteroatoms. The lowest BCUT2D eigenvalue weighted by molar-refractivity contribution is 0.0940. The second-order valence-corrected chi connectivity index (χ2v) is 6.26. The van der Waals surface area contributed by atoms with E-state index in [2.05, 4.69) is 15.0 Å². The van der Waals surface area contributed by atoms with Gasteiger partial charge in [-0.15, -0.1) is 0 Å². The maximum atomic E-state index is 12.6. The zero-order chi connectivity index (χ0) is 18.4. The minimum absolute atomic E-state index is 0.144. The van der Waals surface area contributed by atoms with Crippen molar-refractivity contribution in [1.29, 1.82) is 0 Å². The van der Waals surface area contributed by atoms with Crippen LogP contribution in [0.4, 0.5) is 5.00 Å². The molecule has 25 heavy (non-hydrogen) atoms. The van der Waals surface area contributed by atoms with Crippen LogP contribution in [0, 0.1) is 6.92 Å². The number of benzene rings is 1. The lowest BCUT2D eigenvalue weighted by Crippen LogP contribution is -2.27. The van der Waals surface area contributed by atoms with Gasteiger partial charge >= 0.3 is 0 Å². The second-order valence-electron chi connectivity index (χ2n) is 5.49. The molecule has 1 heterocycles. The quantitative estimate of drug-likeness (QED) is 0.747. The molecule has 0 radical (unpaired) electrons. The first-order valence-corrected chi connectivity index (χ1v) is 9.13. The summed E-state index contributed by atoms with van der Waals surface area (Å²) >= 11 is 1.29. The lowest BCUT2D eigenvalue weighted by Gasteiger charge is -2.18. The van der Waals surface area contributed by atoms with Gasteiger partial charge in [0.25, 0.3) is 5.91 Å². The van der Waals surface area contributed by atoms with Crippen molar-refractivity contribution in [2.24, 2.45) is 0 Å². The Kier molecular flexibility index (Phi) is 6.64. The van der Waals surface area contributed by atoms with Crippen molar-refractivity contribution in [3.8, 4) is 11.5 Å². The molecule has 1 unspecified atom stereocenters. The van der Waals surface area contributed by atoms with Crippen molar-refractivity contribution in [3.63, 3.8) is 0 Å². The summed E-state index contributed by atoms with van der Waals surface area (Å²) in [4.78, 5) is 12.6. The Labute approximate surface area is 152 Å². The summed E-state index contributed by atoms with van der Waals surface area (Å²) in [6.45, 7) is 8.76. The molecule has 1 aromatic carbocycles. The smallest absolute Gasteiger partial charge is 0.256 e. The van der Waals surface area contributed by atoms with E-state index in [4.69, 9.17) is 9.47 Å². The van der Waals surface area contributed by atoms with Gasteiger partial charge in [0.15, 0.2) is 11.5 Å². The SMILES string of the molecule is CCOc1ccc(C(C)NC(=O)c2c(C)nsc2NC)cc1OCC. The largest absolute Gasteiger partial charge is 0.490 e. The number of aryl methyl sites for hydroxylation is 1. The molecule has 2 rings (SSSR count). The average molecular weight is 363 g/mol. The first kappa shape index (κ1) is 19.1. The Morgan fingerprint density at radius 1 is 1.24 bits per heavy atom. The monoisotopic (exact) mass is 363 g/mol. The third-order valence-electron chi connectivity index (χ3n) is 3.73. The van der Waals surface area contributed by atoms with Gasteiger partial charge in [0, 0.05) is 7.05 Å². The molecule has 0 saturated carbocycles. The van der Waals surface area contributed by atoms with E-state index in [0.717, 1.165) is 16.3 Å². The Balaban J connectivity index is 2.19. The van der Waals surface area contributed by atoms with Crippen LogP contribution in [0.15, 0.2) is 18.2 Å². The van der Waals surface area contributed by atoms with Crippen LogP contribution in [0.25, 0.3) is 0 Å². The normalized spacial score (nSPS) is 11.7. The van der Waals surface area contributed by atoms with Crippen LogP contribution in [0.3, 0.4) is 0 Å². The highest BCUT2D eigenvalue weighted by atomic mass is 32.1. The molecule has 0 saturated heterocycles. The van der Waals surface area contributed by atoms with Crippen LogP contribution < -0.4 is 20.1 Å². The highest BCUT2D eigenvalue weighted by molar-refractivity contribution is 7.10. The molecule has 136 valence electrons. The third kappa shape index (κ3) is 4.42. The predicted octanol–water partition coefficient (Wildman–Crippen LogP) is 3.78. The maximum Gasteiger partial charge on any atom is 0.256 e.